The van der Waals surface area contributed by atoms with Crippen molar-refractivity contribution in [3.63, 3.8) is 0 Å². The zero-order valence-electron chi connectivity index (χ0n) is 12.7. The zero-order valence-corrected chi connectivity index (χ0v) is 13.5. The largest absolute Gasteiger partial charge is 0.476 e. The van der Waals surface area contributed by atoms with E-state index in [1.807, 2.05) is 42.6 Å². The monoisotopic (exact) mass is 324 g/mol. The highest BCUT2D eigenvalue weighted by Crippen LogP contribution is 2.24. The number of rotatable bonds is 6. The summed E-state index contributed by atoms with van der Waals surface area (Å²) < 4.78 is 5.65. The SMILES string of the molecule is CCC(C#N)Oc1cccc(CNc2ncnc3sccc23)c1. The number of thiophene rings is 1. The topological polar surface area (TPSA) is 70.8 Å². The lowest BCUT2D eigenvalue weighted by molar-refractivity contribution is 0.251. The summed E-state index contributed by atoms with van der Waals surface area (Å²) >= 11 is 1.60. The van der Waals surface area contributed by atoms with Crippen molar-refractivity contribution in [1.82, 2.24) is 9.97 Å². The molecule has 23 heavy (non-hydrogen) atoms. The smallest absolute Gasteiger partial charge is 0.184 e. The average Bonchev–Trinajstić information content (AvgIpc) is 3.07. The van der Waals surface area contributed by atoms with Crippen molar-refractivity contribution >= 4 is 27.4 Å². The van der Waals surface area contributed by atoms with Crippen LogP contribution in [0.1, 0.15) is 18.9 Å². The van der Waals surface area contributed by atoms with Crippen molar-refractivity contribution < 1.29 is 4.74 Å². The molecule has 1 atom stereocenters. The maximum atomic E-state index is 8.99. The van der Waals surface area contributed by atoms with Gasteiger partial charge in [-0.25, -0.2) is 9.97 Å². The van der Waals surface area contributed by atoms with Crippen LogP contribution in [0.5, 0.6) is 5.75 Å². The minimum absolute atomic E-state index is 0.412. The van der Waals surface area contributed by atoms with Gasteiger partial charge < -0.3 is 10.1 Å². The van der Waals surface area contributed by atoms with Gasteiger partial charge in [0, 0.05) is 6.54 Å². The lowest BCUT2D eigenvalue weighted by atomic mass is 10.2. The van der Waals surface area contributed by atoms with E-state index in [2.05, 4.69) is 21.4 Å². The molecule has 5 nitrogen and oxygen atoms in total. The van der Waals surface area contributed by atoms with E-state index in [4.69, 9.17) is 10.00 Å². The van der Waals surface area contributed by atoms with Gasteiger partial charge in [0.25, 0.3) is 0 Å². The van der Waals surface area contributed by atoms with Crippen LogP contribution in [-0.4, -0.2) is 16.1 Å². The van der Waals surface area contributed by atoms with Crippen molar-refractivity contribution in [3.8, 4) is 11.8 Å². The normalized spacial score (nSPS) is 11.8. The van der Waals surface area contributed by atoms with Gasteiger partial charge in [0.05, 0.1) is 5.39 Å². The highest BCUT2D eigenvalue weighted by atomic mass is 32.1. The Labute approximate surface area is 138 Å². The van der Waals surface area contributed by atoms with Crippen LogP contribution in [0.4, 0.5) is 5.82 Å². The molecule has 0 aliphatic carbocycles. The molecular formula is C17H16N4OS. The maximum absolute atomic E-state index is 8.99. The molecule has 1 N–H and O–H groups in total. The van der Waals surface area contributed by atoms with Gasteiger partial charge in [-0.1, -0.05) is 19.1 Å². The third-order valence-corrected chi connectivity index (χ3v) is 4.23. The van der Waals surface area contributed by atoms with Crippen molar-refractivity contribution in [2.75, 3.05) is 5.32 Å². The van der Waals surface area contributed by atoms with Crippen molar-refractivity contribution in [2.45, 2.75) is 26.0 Å². The Bertz CT molecular complexity index is 840. The van der Waals surface area contributed by atoms with Gasteiger partial charge in [0.15, 0.2) is 6.10 Å². The van der Waals surface area contributed by atoms with E-state index in [1.165, 1.54) is 0 Å². The van der Waals surface area contributed by atoms with Crippen molar-refractivity contribution in [3.05, 3.63) is 47.6 Å². The van der Waals surface area contributed by atoms with E-state index in [0.717, 1.165) is 21.6 Å². The molecule has 0 fully saturated rings. The summed E-state index contributed by atoms with van der Waals surface area (Å²) in [5.74, 6) is 1.53. The molecule has 1 aromatic carbocycles. The van der Waals surface area contributed by atoms with Crippen LogP contribution < -0.4 is 10.1 Å². The lowest BCUT2D eigenvalue weighted by Gasteiger charge is -2.12. The Morgan fingerprint density at radius 1 is 1.35 bits per heavy atom. The summed E-state index contributed by atoms with van der Waals surface area (Å²) in [6, 6.07) is 11.9. The van der Waals surface area contributed by atoms with Gasteiger partial charge in [-0.15, -0.1) is 11.3 Å². The van der Waals surface area contributed by atoms with Crippen molar-refractivity contribution in [1.29, 1.82) is 5.26 Å². The fourth-order valence-electron chi connectivity index (χ4n) is 2.21. The molecule has 3 rings (SSSR count). The molecular weight excluding hydrogens is 308 g/mol. The number of nitrogens with one attached hydrogen (secondary N) is 1. The lowest BCUT2D eigenvalue weighted by Crippen LogP contribution is -2.12. The van der Waals surface area contributed by atoms with E-state index in [9.17, 15) is 0 Å². The average molecular weight is 324 g/mol. The van der Waals surface area contributed by atoms with Gasteiger partial charge in [0.1, 0.15) is 28.8 Å². The Morgan fingerprint density at radius 3 is 3.09 bits per heavy atom. The summed E-state index contributed by atoms with van der Waals surface area (Å²) in [7, 11) is 0. The maximum Gasteiger partial charge on any atom is 0.184 e. The van der Waals surface area contributed by atoms with Gasteiger partial charge >= 0.3 is 0 Å². The summed E-state index contributed by atoms with van der Waals surface area (Å²) in [5, 5.41) is 15.4. The number of ether oxygens (including phenoxy) is 1. The highest BCUT2D eigenvalue weighted by molar-refractivity contribution is 7.16. The van der Waals surface area contributed by atoms with Gasteiger partial charge in [-0.2, -0.15) is 5.26 Å². The van der Waals surface area contributed by atoms with E-state index in [1.54, 1.807) is 17.7 Å². The first-order chi connectivity index (χ1) is 11.3. The molecule has 0 saturated carbocycles. The Balaban J connectivity index is 1.71. The molecule has 0 saturated heterocycles. The third kappa shape index (κ3) is 3.58. The molecule has 6 heteroatoms. The van der Waals surface area contributed by atoms with E-state index < -0.39 is 6.10 Å². The molecule has 2 aromatic heterocycles. The second-order valence-electron chi connectivity index (χ2n) is 5.01. The molecule has 3 aromatic rings. The molecule has 0 bridgehead atoms. The minimum atomic E-state index is -0.412. The quantitative estimate of drug-likeness (QED) is 0.742. The first-order valence-corrected chi connectivity index (χ1v) is 8.25. The van der Waals surface area contributed by atoms with Crippen molar-refractivity contribution in [2.24, 2.45) is 0 Å². The summed E-state index contributed by atoms with van der Waals surface area (Å²) in [5.41, 5.74) is 1.07. The van der Waals surface area contributed by atoms with Gasteiger partial charge in [-0.05, 0) is 35.6 Å². The van der Waals surface area contributed by atoms with Crippen LogP contribution in [0.2, 0.25) is 0 Å². The fourth-order valence-corrected chi connectivity index (χ4v) is 2.94. The summed E-state index contributed by atoms with van der Waals surface area (Å²) in [6.07, 6.45) is 1.82. The third-order valence-electron chi connectivity index (χ3n) is 3.41. The summed E-state index contributed by atoms with van der Waals surface area (Å²) in [6.45, 7) is 2.56. The molecule has 116 valence electrons. The molecule has 2 heterocycles. The fraction of sp³-hybridized carbons (Fsp3) is 0.235. The number of anilines is 1. The second-order valence-corrected chi connectivity index (χ2v) is 5.90. The predicted octanol–water partition coefficient (Wildman–Crippen LogP) is 3.98. The second kappa shape index (κ2) is 7.07. The number of aromatic nitrogens is 2. The molecule has 0 aliphatic rings. The standard InChI is InChI=1S/C17H16N4OS/c1-2-13(9-18)22-14-5-3-4-12(8-14)10-19-16-15-6-7-23-17(15)21-11-20-16/h3-8,11,13H,2,10H2,1H3,(H,19,20,21). The summed E-state index contributed by atoms with van der Waals surface area (Å²) in [4.78, 5) is 9.51. The van der Waals surface area contributed by atoms with Crippen LogP contribution in [-0.2, 0) is 6.54 Å². The number of fused-ring (bicyclic) bond motifs is 1. The first-order valence-electron chi connectivity index (χ1n) is 7.37. The Hall–Kier alpha value is -2.65. The number of nitriles is 1. The zero-order chi connectivity index (χ0) is 16.1. The predicted molar refractivity (Wildman–Crippen MR) is 91.5 cm³/mol. The minimum Gasteiger partial charge on any atom is -0.476 e. The van der Waals surface area contributed by atoms with E-state index in [-0.39, 0.29) is 0 Å². The number of hydrogen-bond donors (Lipinski definition) is 1. The van der Waals surface area contributed by atoms with Crippen LogP contribution in [0.3, 0.4) is 0 Å². The van der Waals surface area contributed by atoms with Crippen LogP contribution >= 0.6 is 11.3 Å². The number of benzene rings is 1. The Morgan fingerprint density at radius 2 is 2.26 bits per heavy atom. The number of nitrogens with zero attached hydrogens (tertiary/aromatic N) is 3. The molecule has 0 spiro atoms. The molecule has 0 amide bonds. The first kappa shape index (κ1) is 15.3. The number of hydrogen-bond acceptors (Lipinski definition) is 6. The van der Waals surface area contributed by atoms with Crippen LogP contribution in [0.25, 0.3) is 10.2 Å². The van der Waals surface area contributed by atoms with Crippen LogP contribution in [0.15, 0.2) is 42.0 Å². The molecule has 0 radical (unpaired) electrons. The van der Waals surface area contributed by atoms with Gasteiger partial charge in [0.2, 0.25) is 0 Å². The molecule has 1 unspecified atom stereocenters. The Kier molecular flexibility index (Phi) is 4.69. The van der Waals surface area contributed by atoms with Gasteiger partial charge in [-0.3, -0.25) is 0 Å². The van der Waals surface area contributed by atoms with Crippen LogP contribution in [0, 0.1) is 11.3 Å². The van der Waals surface area contributed by atoms with E-state index in [0.29, 0.717) is 18.7 Å². The molecule has 0 aliphatic heterocycles. The van der Waals surface area contributed by atoms with E-state index >= 15 is 0 Å². The highest BCUT2D eigenvalue weighted by Gasteiger charge is 2.07.